The number of benzene rings is 1. The first-order chi connectivity index (χ1) is 9.27. The number of rotatable bonds is 6. The Morgan fingerprint density at radius 3 is 2.45 bits per heavy atom. The van der Waals surface area contributed by atoms with Gasteiger partial charge in [0.05, 0.1) is 5.02 Å². The largest absolute Gasteiger partial charge is 0.316 e. The predicted octanol–water partition coefficient (Wildman–Crippen LogP) is 3.13. The summed E-state index contributed by atoms with van der Waals surface area (Å²) in [6.07, 6.45) is 0.726. The first-order valence-electron chi connectivity index (χ1n) is 6.36. The number of nitrogens with zero attached hydrogens (tertiary/aromatic N) is 1. The van der Waals surface area contributed by atoms with Crippen molar-refractivity contribution in [2.45, 2.75) is 37.8 Å². The van der Waals surface area contributed by atoms with E-state index in [4.69, 9.17) is 23.2 Å². The molecule has 114 valence electrons. The molecule has 0 bridgehead atoms. The van der Waals surface area contributed by atoms with Crippen LogP contribution >= 0.6 is 23.2 Å². The second-order valence-electron chi connectivity index (χ2n) is 4.65. The molecule has 0 heterocycles. The van der Waals surface area contributed by atoms with Gasteiger partial charge >= 0.3 is 0 Å². The number of sulfonamides is 1. The van der Waals surface area contributed by atoms with Crippen molar-refractivity contribution in [2.75, 3.05) is 14.1 Å². The lowest BCUT2D eigenvalue weighted by molar-refractivity contribution is 0.380. The third kappa shape index (κ3) is 3.46. The molecule has 1 aromatic carbocycles. The summed E-state index contributed by atoms with van der Waals surface area (Å²) in [5.41, 5.74) is 0.592. The summed E-state index contributed by atoms with van der Waals surface area (Å²) in [4.78, 5) is 0.0941. The molecule has 0 radical (unpaired) electrons. The van der Waals surface area contributed by atoms with E-state index in [0.29, 0.717) is 17.1 Å². The van der Waals surface area contributed by atoms with Gasteiger partial charge in [-0.05, 0) is 32.5 Å². The van der Waals surface area contributed by atoms with Crippen molar-refractivity contribution in [1.82, 2.24) is 9.62 Å². The van der Waals surface area contributed by atoms with Crippen LogP contribution in [0.1, 0.15) is 25.8 Å². The van der Waals surface area contributed by atoms with Gasteiger partial charge in [0.2, 0.25) is 10.0 Å². The maximum Gasteiger partial charge on any atom is 0.244 e. The van der Waals surface area contributed by atoms with Crippen molar-refractivity contribution in [3.05, 3.63) is 27.7 Å². The third-order valence-corrected chi connectivity index (χ3v) is 6.28. The third-order valence-electron chi connectivity index (χ3n) is 3.37. The molecule has 20 heavy (non-hydrogen) atoms. The van der Waals surface area contributed by atoms with Crippen LogP contribution in [0.5, 0.6) is 0 Å². The highest BCUT2D eigenvalue weighted by molar-refractivity contribution is 7.89. The fourth-order valence-corrected chi connectivity index (χ4v) is 4.08. The number of hydrogen-bond donors (Lipinski definition) is 1. The van der Waals surface area contributed by atoms with Crippen LogP contribution in [0.25, 0.3) is 0 Å². The van der Waals surface area contributed by atoms with Crippen LogP contribution in [0.4, 0.5) is 0 Å². The summed E-state index contributed by atoms with van der Waals surface area (Å²) in [6, 6.07) is 2.93. The van der Waals surface area contributed by atoms with Crippen molar-refractivity contribution in [3.63, 3.8) is 0 Å². The Bertz CT molecular complexity index is 576. The first-order valence-corrected chi connectivity index (χ1v) is 8.56. The smallest absolute Gasteiger partial charge is 0.244 e. The van der Waals surface area contributed by atoms with E-state index in [9.17, 15) is 8.42 Å². The fraction of sp³-hybridized carbons (Fsp3) is 0.538. The summed E-state index contributed by atoms with van der Waals surface area (Å²) >= 11 is 12.3. The Morgan fingerprint density at radius 2 is 1.95 bits per heavy atom. The molecule has 0 aliphatic rings. The van der Waals surface area contributed by atoms with E-state index < -0.39 is 10.0 Å². The van der Waals surface area contributed by atoms with Crippen LogP contribution in [0.3, 0.4) is 0 Å². The van der Waals surface area contributed by atoms with Gasteiger partial charge in [0, 0.05) is 30.2 Å². The minimum Gasteiger partial charge on any atom is -0.316 e. The summed E-state index contributed by atoms with van der Waals surface area (Å²) < 4.78 is 26.5. The summed E-state index contributed by atoms with van der Waals surface area (Å²) in [5.74, 6) is 0. The molecule has 0 amide bonds. The second-order valence-corrected chi connectivity index (χ2v) is 7.40. The maximum absolute atomic E-state index is 12.6. The molecule has 1 N–H and O–H groups in total. The van der Waals surface area contributed by atoms with Gasteiger partial charge in [-0.25, -0.2) is 8.42 Å². The lowest BCUT2D eigenvalue weighted by Gasteiger charge is -2.24. The Hall–Kier alpha value is -0.330. The summed E-state index contributed by atoms with van der Waals surface area (Å²) in [7, 11) is -0.313. The van der Waals surface area contributed by atoms with E-state index >= 15 is 0 Å². The topological polar surface area (TPSA) is 49.4 Å². The average molecular weight is 339 g/mol. The quantitative estimate of drug-likeness (QED) is 0.866. The molecule has 0 aliphatic heterocycles. The zero-order valence-corrected chi connectivity index (χ0v) is 14.4. The zero-order chi connectivity index (χ0) is 15.5. The maximum atomic E-state index is 12.6. The fourth-order valence-electron chi connectivity index (χ4n) is 1.76. The minimum atomic E-state index is -3.62. The molecule has 0 fully saturated rings. The highest BCUT2D eigenvalue weighted by Gasteiger charge is 2.28. The SMILES string of the molecule is CCC(C)N(C)S(=O)(=O)c1ccc(Cl)c(CNC)c1Cl. The van der Waals surface area contributed by atoms with E-state index in [0.717, 1.165) is 6.42 Å². The minimum absolute atomic E-state index is 0.0941. The average Bonchev–Trinajstić information content (AvgIpc) is 2.41. The van der Waals surface area contributed by atoms with Gasteiger partial charge in [-0.3, -0.25) is 0 Å². The molecule has 1 unspecified atom stereocenters. The zero-order valence-electron chi connectivity index (χ0n) is 12.1. The lowest BCUT2D eigenvalue weighted by Crippen LogP contribution is -2.34. The molecule has 1 atom stereocenters. The van der Waals surface area contributed by atoms with E-state index in [1.807, 2.05) is 13.8 Å². The standard InChI is InChI=1S/C13H20Cl2N2O2S/c1-5-9(2)17(4)20(18,19)12-7-6-11(14)10(8-16-3)13(12)15/h6-7,9,16H,5,8H2,1-4H3. The molecule has 0 saturated carbocycles. The van der Waals surface area contributed by atoms with Crippen molar-refractivity contribution < 1.29 is 8.42 Å². The highest BCUT2D eigenvalue weighted by atomic mass is 35.5. The van der Waals surface area contributed by atoms with Crippen LogP contribution in [0, 0.1) is 0 Å². The van der Waals surface area contributed by atoms with Gasteiger partial charge in [0.15, 0.2) is 0 Å². The van der Waals surface area contributed by atoms with Gasteiger partial charge in [-0.15, -0.1) is 0 Å². The molecular formula is C13H20Cl2N2O2S. The monoisotopic (exact) mass is 338 g/mol. The first kappa shape index (κ1) is 17.7. The van der Waals surface area contributed by atoms with Crippen LogP contribution in [-0.2, 0) is 16.6 Å². The number of hydrogen-bond acceptors (Lipinski definition) is 3. The molecule has 0 aliphatic carbocycles. The molecule has 1 aromatic rings. The molecular weight excluding hydrogens is 319 g/mol. The normalized spacial score (nSPS) is 13.8. The van der Waals surface area contributed by atoms with Gasteiger partial charge in [0.25, 0.3) is 0 Å². The van der Waals surface area contributed by atoms with E-state index in [-0.39, 0.29) is 16.0 Å². The van der Waals surface area contributed by atoms with Crippen molar-refractivity contribution in [3.8, 4) is 0 Å². The summed E-state index contributed by atoms with van der Waals surface area (Å²) in [5, 5.41) is 3.57. The van der Waals surface area contributed by atoms with Crippen LogP contribution in [0.2, 0.25) is 10.0 Å². The Labute approximate surface area is 131 Å². The van der Waals surface area contributed by atoms with Gasteiger partial charge in [-0.1, -0.05) is 30.1 Å². The number of nitrogens with one attached hydrogen (secondary N) is 1. The Kier molecular flexibility index (Phi) is 6.28. The Balaban J connectivity index is 3.36. The Morgan fingerprint density at radius 1 is 1.35 bits per heavy atom. The van der Waals surface area contributed by atoms with Gasteiger partial charge in [-0.2, -0.15) is 4.31 Å². The molecule has 0 spiro atoms. The van der Waals surface area contributed by atoms with Gasteiger partial charge in [0.1, 0.15) is 4.90 Å². The van der Waals surface area contributed by atoms with E-state index in [2.05, 4.69) is 5.32 Å². The van der Waals surface area contributed by atoms with Crippen molar-refractivity contribution in [2.24, 2.45) is 0 Å². The molecule has 7 heteroatoms. The van der Waals surface area contributed by atoms with E-state index in [1.165, 1.54) is 10.4 Å². The van der Waals surface area contributed by atoms with Crippen LogP contribution in [0.15, 0.2) is 17.0 Å². The van der Waals surface area contributed by atoms with Crippen molar-refractivity contribution in [1.29, 1.82) is 0 Å². The molecule has 0 aromatic heterocycles. The molecule has 1 rings (SSSR count). The lowest BCUT2D eigenvalue weighted by atomic mass is 10.2. The van der Waals surface area contributed by atoms with E-state index in [1.54, 1.807) is 20.2 Å². The predicted molar refractivity (Wildman–Crippen MR) is 83.9 cm³/mol. The molecule has 0 saturated heterocycles. The van der Waals surface area contributed by atoms with Gasteiger partial charge < -0.3 is 5.32 Å². The molecule has 4 nitrogen and oxygen atoms in total. The second kappa shape index (κ2) is 7.09. The summed E-state index contributed by atoms with van der Waals surface area (Å²) in [6.45, 7) is 4.20. The highest BCUT2D eigenvalue weighted by Crippen LogP contribution is 2.33. The van der Waals surface area contributed by atoms with Crippen molar-refractivity contribution >= 4 is 33.2 Å². The van der Waals surface area contributed by atoms with Crippen LogP contribution in [-0.4, -0.2) is 32.9 Å². The number of halogens is 2. The van der Waals surface area contributed by atoms with Crippen LogP contribution < -0.4 is 5.32 Å².